The minimum atomic E-state index is -0.387. The van der Waals surface area contributed by atoms with Crippen molar-refractivity contribution in [3.63, 3.8) is 0 Å². The highest BCUT2D eigenvalue weighted by Crippen LogP contribution is 2.27. The third-order valence-corrected chi connectivity index (χ3v) is 3.29. The topological polar surface area (TPSA) is 55.1 Å². The fourth-order valence-electron chi connectivity index (χ4n) is 1.50. The van der Waals surface area contributed by atoms with Gasteiger partial charge in [0.05, 0.1) is 21.3 Å². The first kappa shape index (κ1) is 14.0. The van der Waals surface area contributed by atoms with Crippen molar-refractivity contribution in [2.24, 2.45) is 0 Å². The molecule has 0 fully saturated rings. The molecule has 2 aromatic carbocycles. The Morgan fingerprint density at radius 1 is 1.00 bits per heavy atom. The normalized spacial score (nSPS) is 10.3. The standard InChI is InChI=1S/C13H9Cl3N2O/c14-7-1-4-12(11(16)5-7)18-13(19)9-6-8(17)2-3-10(9)15/h1-6H,17H2,(H,18,19). The van der Waals surface area contributed by atoms with Gasteiger partial charge in [0.25, 0.3) is 5.91 Å². The third-order valence-electron chi connectivity index (χ3n) is 2.41. The zero-order chi connectivity index (χ0) is 14.0. The molecule has 0 saturated carbocycles. The first-order chi connectivity index (χ1) is 8.97. The molecule has 0 aromatic heterocycles. The van der Waals surface area contributed by atoms with E-state index in [0.717, 1.165) is 0 Å². The maximum absolute atomic E-state index is 12.1. The van der Waals surface area contributed by atoms with Crippen molar-refractivity contribution in [3.05, 3.63) is 57.0 Å². The molecule has 1 amide bonds. The average Bonchev–Trinajstić information content (AvgIpc) is 2.35. The van der Waals surface area contributed by atoms with Crippen LogP contribution in [0.3, 0.4) is 0 Å². The summed E-state index contributed by atoms with van der Waals surface area (Å²) in [5.41, 5.74) is 6.82. The number of amides is 1. The first-order valence-corrected chi connectivity index (χ1v) is 6.42. The molecule has 0 saturated heterocycles. The Bertz CT molecular complexity index is 644. The molecular weight excluding hydrogens is 307 g/mol. The van der Waals surface area contributed by atoms with Gasteiger partial charge in [-0.1, -0.05) is 34.8 Å². The zero-order valence-electron chi connectivity index (χ0n) is 9.58. The van der Waals surface area contributed by atoms with E-state index in [1.54, 1.807) is 30.3 Å². The van der Waals surface area contributed by atoms with E-state index < -0.39 is 0 Å². The number of carbonyl (C=O) groups excluding carboxylic acids is 1. The summed E-state index contributed by atoms with van der Waals surface area (Å²) in [5.74, 6) is -0.387. The number of nitrogen functional groups attached to an aromatic ring is 1. The molecule has 0 aliphatic rings. The van der Waals surface area contributed by atoms with Crippen molar-refractivity contribution < 1.29 is 4.79 Å². The Kier molecular flexibility index (Phi) is 4.20. The second-order valence-electron chi connectivity index (χ2n) is 3.82. The van der Waals surface area contributed by atoms with Gasteiger partial charge in [0.1, 0.15) is 0 Å². The minimum Gasteiger partial charge on any atom is -0.399 e. The largest absolute Gasteiger partial charge is 0.399 e. The van der Waals surface area contributed by atoms with Crippen molar-refractivity contribution in [2.45, 2.75) is 0 Å². The summed E-state index contributed by atoms with van der Waals surface area (Å²) < 4.78 is 0. The van der Waals surface area contributed by atoms with Gasteiger partial charge in [0.15, 0.2) is 0 Å². The summed E-state index contributed by atoms with van der Waals surface area (Å²) >= 11 is 17.7. The molecule has 6 heteroatoms. The maximum atomic E-state index is 12.1. The second-order valence-corrected chi connectivity index (χ2v) is 5.07. The molecular formula is C13H9Cl3N2O. The van der Waals surface area contributed by atoms with E-state index in [0.29, 0.717) is 26.4 Å². The summed E-state index contributed by atoms with van der Waals surface area (Å²) in [6.07, 6.45) is 0. The monoisotopic (exact) mass is 314 g/mol. The van der Waals surface area contributed by atoms with Gasteiger partial charge in [0.2, 0.25) is 0 Å². The summed E-state index contributed by atoms with van der Waals surface area (Å²) in [6.45, 7) is 0. The van der Waals surface area contributed by atoms with Crippen LogP contribution in [0.15, 0.2) is 36.4 Å². The van der Waals surface area contributed by atoms with Gasteiger partial charge in [0, 0.05) is 10.7 Å². The maximum Gasteiger partial charge on any atom is 0.257 e. The van der Waals surface area contributed by atoms with Gasteiger partial charge in [-0.25, -0.2) is 0 Å². The van der Waals surface area contributed by atoms with Crippen LogP contribution in [0.25, 0.3) is 0 Å². The summed E-state index contributed by atoms with van der Waals surface area (Å²) in [7, 11) is 0. The van der Waals surface area contributed by atoms with Crippen LogP contribution >= 0.6 is 34.8 Å². The number of benzene rings is 2. The Morgan fingerprint density at radius 3 is 2.42 bits per heavy atom. The molecule has 3 nitrogen and oxygen atoms in total. The number of nitrogens with one attached hydrogen (secondary N) is 1. The summed E-state index contributed by atoms with van der Waals surface area (Å²) in [6, 6.07) is 9.47. The Morgan fingerprint density at radius 2 is 1.74 bits per heavy atom. The van der Waals surface area contributed by atoms with Gasteiger partial charge in [-0.2, -0.15) is 0 Å². The van der Waals surface area contributed by atoms with E-state index in [9.17, 15) is 4.79 Å². The zero-order valence-corrected chi connectivity index (χ0v) is 11.9. The van der Waals surface area contributed by atoms with Gasteiger partial charge in [-0.15, -0.1) is 0 Å². The highest BCUT2D eigenvalue weighted by atomic mass is 35.5. The van der Waals surface area contributed by atoms with Crippen LogP contribution in [0.1, 0.15) is 10.4 Å². The van der Waals surface area contributed by atoms with Gasteiger partial charge < -0.3 is 11.1 Å². The van der Waals surface area contributed by atoms with E-state index >= 15 is 0 Å². The van der Waals surface area contributed by atoms with Crippen molar-refractivity contribution in [1.29, 1.82) is 0 Å². The lowest BCUT2D eigenvalue weighted by Gasteiger charge is -2.09. The number of rotatable bonds is 2. The number of anilines is 2. The number of nitrogens with two attached hydrogens (primary N) is 1. The molecule has 0 aliphatic carbocycles. The number of halogens is 3. The number of hydrogen-bond acceptors (Lipinski definition) is 2. The molecule has 3 N–H and O–H groups in total. The second kappa shape index (κ2) is 5.70. The molecule has 2 aromatic rings. The summed E-state index contributed by atoms with van der Waals surface area (Å²) in [5, 5.41) is 3.81. The fourth-order valence-corrected chi connectivity index (χ4v) is 2.16. The van der Waals surface area contributed by atoms with Gasteiger partial charge in [-0.3, -0.25) is 4.79 Å². The average molecular weight is 316 g/mol. The molecule has 98 valence electrons. The smallest absolute Gasteiger partial charge is 0.257 e. The predicted molar refractivity (Wildman–Crippen MR) is 80.3 cm³/mol. The van der Waals surface area contributed by atoms with Crippen molar-refractivity contribution in [3.8, 4) is 0 Å². The number of carbonyl (C=O) groups is 1. The van der Waals surface area contributed by atoms with E-state index in [1.165, 1.54) is 6.07 Å². The van der Waals surface area contributed by atoms with E-state index in [4.69, 9.17) is 40.5 Å². The molecule has 0 spiro atoms. The Labute approximate surface area is 125 Å². The Hall–Kier alpha value is -1.42. The molecule has 0 bridgehead atoms. The van der Waals surface area contributed by atoms with Crippen LogP contribution in [0, 0.1) is 0 Å². The predicted octanol–water partition coefficient (Wildman–Crippen LogP) is 4.48. The van der Waals surface area contributed by atoms with Gasteiger partial charge in [-0.05, 0) is 36.4 Å². The van der Waals surface area contributed by atoms with E-state index in [2.05, 4.69) is 5.32 Å². The van der Waals surface area contributed by atoms with Crippen LogP contribution in [0.2, 0.25) is 15.1 Å². The molecule has 0 heterocycles. The first-order valence-electron chi connectivity index (χ1n) is 5.29. The lowest BCUT2D eigenvalue weighted by molar-refractivity contribution is 0.102. The molecule has 0 unspecified atom stereocenters. The Balaban J connectivity index is 2.28. The van der Waals surface area contributed by atoms with Crippen molar-refractivity contribution >= 4 is 52.1 Å². The van der Waals surface area contributed by atoms with Crippen LogP contribution < -0.4 is 11.1 Å². The van der Waals surface area contributed by atoms with Crippen LogP contribution in [-0.4, -0.2) is 5.91 Å². The molecule has 0 radical (unpaired) electrons. The van der Waals surface area contributed by atoms with E-state index in [1.807, 2.05) is 0 Å². The number of hydrogen-bond donors (Lipinski definition) is 2. The van der Waals surface area contributed by atoms with Crippen molar-refractivity contribution in [2.75, 3.05) is 11.1 Å². The van der Waals surface area contributed by atoms with Crippen LogP contribution in [-0.2, 0) is 0 Å². The minimum absolute atomic E-state index is 0.285. The fraction of sp³-hybridized carbons (Fsp3) is 0. The quantitative estimate of drug-likeness (QED) is 0.803. The molecule has 2 rings (SSSR count). The lowest BCUT2D eigenvalue weighted by Crippen LogP contribution is -2.13. The highest BCUT2D eigenvalue weighted by Gasteiger charge is 2.12. The molecule has 19 heavy (non-hydrogen) atoms. The lowest BCUT2D eigenvalue weighted by atomic mass is 10.2. The van der Waals surface area contributed by atoms with Gasteiger partial charge >= 0.3 is 0 Å². The third kappa shape index (κ3) is 3.32. The van der Waals surface area contributed by atoms with Crippen LogP contribution in [0.4, 0.5) is 11.4 Å². The van der Waals surface area contributed by atoms with Crippen molar-refractivity contribution in [1.82, 2.24) is 0 Å². The van der Waals surface area contributed by atoms with Crippen LogP contribution in [0.5, 0.6) is 0 Å². The molecule has 0 aliphatic heterocycles. The summed E-state index contributed by atoms with van der Waals surface area (Å²) in [4.78, 5) is 12.1. The highest BCUT2D eigenvalue weighted by molar-refractivity contribution is 6.37. The SMILES string of the molecule is Nc1ccc(Cl)c(C(=O)Nc2ccc(Cl)cc2Cl)c1. The molecule has 0 atom stereocenters. The van der Waals surface area contributed by atoms with E-state index in [-0.39, 0.29) is 11.5 Å².